The molecule has 0 unspecified atom stereocenters. The van der Waals surface area contributed by atoms with Crippen LogP contribution in [-0.4, -0.2) is 15.8 Å². The summed E-state index contributed by atoms with van der Waals surface area (Å²) in [7, 11) is 0. The molecule has 0 radical (unpaired) electrons. The Balaban J connectivity index is 1.80. The number of rotatable bonds is 5. The second-order valence-corrected chi connectivity index (χ2v) is 6.78. The number of nitrogens with zero attached hydrogens (tertiary/aromatic N) is 2. The molecule has 0 atom stereocenters. The number of thiazole rings is 2. The lowest BCUT2D eigenvalue weighted by Gasteiger charge is -1.94. The molecule has 7 heteroatoms. The Hall–Kier alpha value is -1.21. The van der Waals surface area contributed by atoms with Crippen LogP contribution in [0.3, 0.4) is 0 Å². The predicted octanol–water partition coefficient (Wildman–Crippen LogP) is 4.03. The van der Waals surface area contributed by atoms with E-state index in [0.29, 0.717) is 22.7 Å². The second-order valence-electron chi connectivity index (χ2n) is 4.81. The van der Waals surface area contributed by atoms with Gasteiger partial charge in [0, 0.05) is 11.3 Å². The molecule has 0 N–H and O–H groups in total. The highest BCUT2D eigenvalue weighted by atomic mass is 32.1. The van der Waals surface area contributed by atoms with Crippen LogP contribution in [0.5, 0.6) is 0 Å². The largest absolute Gasteiger partial charge is 0.299 e. The zero-order valence-electron chi connectivity index (χ0n) is 10.7. The highest BCUT2D eigenvalue weighted by Crippen LogP contribution is 2.35. The van der Waals surface area contributed by atoms with Gasteiger partial charge in [-0.05, 0) is 19.8 Å². The quantitative estimate of drug-likeness (QED) is 0.836. The third kappa shape index (κ3) is 2.78. The first-order valence-corrected chi connectivity index (χ1v) is 7.97. The van der Waals surface area contributed by atoms with E-state index in [1.165, 1.54) is 11.3 Å². The van der Waals surface area contributed by atoms with Crippen LogP contribution in [0, 0.1) is 12.8 Å². The standard InChI is InChI=1S/C13H12F2N2OS2/c1-6-11(20-13(16-6)12(14)15)8-5-19-10(17-8)4-9(18)7-2-3-7/h5,7,12H,2-4H2,1H3. The molecule has 0 saturated heterocycles. The molecule has 1 aliphatic rings. The molecule has 0 amide bonds. The summed E-state index contributed by atoms with van der Waals surface area (Å²) in [5.41, 5.74) is 1.21. The fourth-order valence-corrected chi connectivity index (χ4v) is 3.70. The Labute approximate surface area is 122 Å². The fraction of sp³-hybridized carbons (Fsp3) is 0.462. The minimum absolute atomic E-state index is 0.180. The van der Waals surface area contributed by atoms with E-state index in [9.17, 15) is 13.6 Å². The number of hydrogen-bond acceptors (Lipinski definition) is 5. The van der Waals surface area contributed by atoms with Gasteiger partial charge in [0.15, 0.2) is 5.01 Å². The lowest BCUT2D eigenvalue weighted by atomic mass is 10.2. The van der Waals surface area contributed by atoms with Crippen molar-refractivity contribution in [3.05, 3.63) is 21.1 Å². The maximum Gasteiger partial charge on any atom is 0.289 e. The van der Waals surface area contributed by atoms with E-state index in [0.717, 1.165) is 29.2 Å². The van der Waals surface area contributed by atoms with E-state index in [1.807, 2.05) is 5.38 Å². The molecule has 0 aliphatic heterocycles. The molecule has 1 saturated carbocycles. The zero-order chi connectivity index (χ0) is 14.3. The smallest absolute Gasteiger partial charge is 0.289 e. The van der Waals surface area contributed by atoms with Gasteiger partial charge in [-0.2, -0.15) is 0 Å². The molecule has 0 spiro atoms. The van der Waals surface area contributed by atoms with Gasteiger partial charge in [0.2, 0.25) is 0 Å². The molecule has 2 heterocycles. The van der Waals surface area contributed by atoms with Crippen molar-refractivity contribution in [1.82, 2.24) is 9.97 Å². The van der Waals surface area contributed by atoms with Gasteiger partial charge in [0.25, 0.3) is 6.43 Å². The number of Topliss-reactive ketones (excluding diaryl/α,β-unsaturated/α-hetero) is 1. The van der Waals surface area contributed by atoms with E-state index in [4.69, 9.17) is 0 Å². The summed E-state index contributed by atoms with van der Waals surface area (Å²) in [6.45, 7) is 1.70. The van der Waals surface area contributed by atoms with E-state index < -0.39 is 6.43 Å². The number of carbonyl (C=O) groups is 1. The van der Waals surface area contributed by atoms with Crippen molar-refractivity contribution in [1.29, 1.82) is 0 Å². The lowest BCUT2D eigenvalue weighted by Crippen LogP contribution is -2.04. The van der Waals surface area contributed by atoms with E-state index in [1.54, 1.807) is 6.92 Å². The van der Waals surface area contributed by atoms with Crippen LogP contribution in [0.1, 0.15) is 35.0 Å². The average molecular weight is 314 g/mol. The number of alkyl halides is 2. The van der Waals surface area contributed by atoms with Gasteiger partial charge in [-0.15, -0.1) is 22.7 Å². The molecule has 2 aromatic rings. The monoisotopic (exact) mass is 314 g/mol. The van der Waals surface area contributed by atoms with Crippen molar-refractivity contribution in [2.45, 2.75) is 32.6 Å². The van der Waals surface area contributed by atoms with Gasteiger partial charge < -0.3 is 0 Å². The van der Waals surface area contributed by atoms with Crippen LogP contribution in [0.15, 0.2) is 5.38 Å². The van der Waals surface area contributed by atoms with Crippen LogP contribution < -0.4 is 0 Å². The topological polar surface area (TPSA) is 42.9 Å². The van der Waals surface area contributed by atoms with Gasteiger partial charge in [-0.25, -0.2) is 18.7 Å². The van der Waals surface area contributed by atoms with Crippen molar-refractivity contribution < 1.29 is 13.6 Å². The molecule has 0 aromatic carbocycles. The summed E-state index contributed by atoms with van der Waals surface area (Å²) in [5.74, 6) is 0.457. The summed E-state index contributed by atoms with van der Waals surface area (Å²) in [5, 5.41) is 2.38. The second kappa shape index (κ2) is 5.29. The Bertz CT molecular complexity index is 647. The Morgan fingerprint density at radius 2 is 2.20 bits per heavy atom. The number of aryl methyl sites for hydroxylation is 1. The highest BCUT2D eigenvalue weighted by molar-refractivity contribution is 7.16. The van der Waals surface area contributed by atoms with Crippen molar-refractivity contribution in [3.63, 3.8) is 0 Å². The predicted molar refractivity (Wildman–Crippen MR) is 74.4 cm³/mol. The molecule has 106 valence electrons. The normalized spacial score (nSPS) is 15.0. The van der Waals surface area contributed by atoms with Gasteiger partial charge in [-0.3, -0.25) is 4.79 Å². The summed E-state index contributed by atoms with van der Waals surface area (Å²) < 4.78 is 25.3. The highest BCUT2D eigenvalue weighted by Gasteiger charge is 2.30. The van der Waals surface area contributed by atoms with Gasteiger partial charge >= 0.3 is 0 Å². The number of hydrogen-bond donors (Lipinski definition) is 0. The average Bonchev–Trinajstić information content (AvgIpc) is 3.04. The van der Waals surface area contributed by atoms with Crippen LogP contribution in [0.4, 0.5) is 8.78 Å². The zero-order valence-corrected chi connectivity index (χ0v) is 12.4. The molecular formula is C13H12F2N2OS2. The first-order chi connectivity index (χ1) is 9.54. The summed E-state index contributed by atoms with van der Waals surface area (Å²) in [6, 6.07) is 0. The number of carbonyl (C=O) groups excluding carboxylic acids is 1. The van der Waals surface area contributed by atoms with E-state index >= 15 is 0 Å². The molecule has 2 aromatic heterocycles. The number of ketones is 1. The first kappa shape index (κ1) is 13.8. The summed E-state index contributed by atoms with van der Waals surface area (Å²) in [6.07, 6.45) is -0.220. The molecule has 0 bridgehead atoms. The van der Waals surface area contributed by atoms with E-state index in [-0.39, 0.29) is 16.7 Å². The molecule has 1 aliphatic carbocycles. The Morgan fingerprint density at radius 1 is 1.45 bits per heavy atom. The molecule has 3 nitrogen and oxygen atoms in total. The van der Waals surface area contributed by atoms with Crippen LogP contribution in [0.2, 0.25) is 0 Å². The van der Waals surface area contributed by atoms with Crippen LogP contribution in [-0.2, 0) is 11.2 Å². The third-order valence-corrected chi connectivity index (χ3v) is 5.18. The number of aromatic nitrogens is 2. The van der Waals surface area contributed by atoms with Gasteiger partial charge in [0.05, 0.1) is 22.7 Å². The van der Waals surface area contributed by atoms with Crippen molar-refractivity contribution in [2.24, 2.45) is 5.92 Å². The summed E-state index contributed by atoms with van der Waals surface area (Å²) in [4.78, 5) is 20.7. The van der Waals surface area contributed by atoms with Crippen molar-refractivity contribution in [2.75, 3.05) is 0 Å². The molecule has 20 heavy (non-hydrogen) atoms. The number of halogens is 2. The first-order valence-electron chi connectivity index (χ1n) is 6.27. The molecule has 3 rings (SSSR count). The van der Waals surface area contributed by atoms with Gasteiger partial charge in [0.1, 0.15) is 10.8 Å². The molecule has 1 fully saturated rings. The van der Waals surface area contributed by atoms with E-state index in [2.05, 4.69) is 9.97 Å². The van der Waals surface area contributed by atoms with Crippen LogP contribution >= 0.6 is 22.7 Å². The third-order valence-electron chi connectivity index (χ3n) is 3.14. The summed E-state index contributed by atoms with van der Waals surface area (Å²) >= 11 is 2.37. The molecular weight excluding hydrogens is 302 g/mol. The van der Waals surface area contributed by atoms with Crippen LogP contribution in [0.25, 0.3) is 10.6 Å². The van der Waals surface area contributed by atoms with Crippen molar-refractivity contribution in [3.8, 4) is 10.6 Å². The van der Waals surface area contributed by atoms with Crippen molar-refractivity contribution >= 4 is 28.5 Å². The minimum atomic E-state index is -2.55. The minimum Gasteiger partial charge on any atom is -0.299 e. The maximum atomic E-state index is 12.6. The van der Waals surface area contributed by atoms with Gasteiger partial charge in [-0.1, -0.05) is 0 Å². The maximum absolute atomic E-state index is 12.6. The Kier molecular flexibility index (Phi) is 3.64. The SMILES string of the molecule is Cc1nc(C(F)F)sc1-c1csc(CC(=O)C2CC2)n1. The lowest BCUT2D eigenvalue weighted by molar-refractivity contribution is -0.119. The fourth-order valence-electron chi connectivity index (χ4n) is 1.94. The Morgan fingerprint density at radius 3 is 2.80 bits per heavy atom.